The fourth-order valence-corrected chi connectivity index (χ4v) is 6.07. The van der Waals surface area contributed by atoms with Gasteiger partial charge in [0.25, 0.3) is 5.91 Å². The van der Waals surface area contributed by atoms with Crippen LogP contribution in [0.1, 0.15) is 73.6 Å². The van der Waals surface area contributed by atoms with Gasteiger partial charge in [0, 0.05) is 12.1 Å². The van der Waals surface area contributed by atoms with Crippen LogP contribution in [0.3, 0.4) is 0 Å². The number of fused-ring (bicyclic) bond motifs is 1. The molecule has 0 radical (unpaired) electrons. The number of likely N-dealkylation sites (tertiary alicyclic amines) is 1. The number of rotatable bonds is 19. The van der Waals surface area contributed by atoms with E-state index in [0.29, 0.717) is 44.5 Å². The maximum absolute atomic E-state index is 13.5. The molecule has 2 aromatic rings. The van der Waals surface area contributed by atoms with Crippen LogP contribution in [0, 0.1) is 5.92 Å². The lowest BCUT2D eigenvalue weighted by Crippen LogP contribution is -2.58. The number of aliphatic hydroxyl groups is 1. The number of hydrogen-bond acceptors (Lipinski definition) is 10. The summed E-state index contributed by atoms with van der Waals surface area (Å²) in [6.45, 7) is 10.1. The van der Waals surface area contributed by atoms with E-state index in [1.807, 2.05) is 57.2 Å². The molecule has 2 aromatic carbocycles. The molecule has 0 aromatic heterocycles. The van der Waals surface area contributed by atoms with Crippen molar-refractivity contribution in [3.63, 3.8) is 0 Å². The van der Waals surface area contributed by atoms with Gasteiger partial charge in [-0.1, -0.05) is 44.2 Å². The van der Waals surface area contributed by atoms with Crippen molar-refractivity contribution in [1.82, 2.24) is 31.5 Å². The number of benzene rings is 2. The highest BCUT2D eigenvalue weighted by molar-refractivity contribution is 5.95. The lowest BCUT2D eigenvalue weighted by molar-refractivity contribution is -0.140. The number of nitrogens with two attached hydrogens (primary N) is 1. The van der Waals surface area contributed by atoms with Crippen molar-refractivity contribution >= 4 is 46.4 Å². The zero-order chi connectivity index (χ0) is 40.7. The Labute approximate surface area is 323 Å². The van der Waals surface area contributed by atoms with E-state index in [2.05, 4.69) is 26.6 Å². The molecule has 16 nitrogen and oxygen atoms in total. The predicted molar refractivity (Wildman–Crippen MR) is 207 cm³/mol. The molecule has 5 atom stereocenters. The van der Waals surface area contributed by atoms with Gasteiger partial charge >= 0.3 is 6.09 Å². The summed E-state index contributed by atoms with van der Waals surface area (Å²) in [6.07, 6.45) is 0.759. The third-order valence-corrected chi connectivity index (χ3v) is 8.97. The van der Waals surface area contributed by atoms with Crippen molar-refractivity contribution < 1.29 is 43.3 Å². The molecular formula is C39H59N7O9. The predicted octanol–water partition coefficient (Wildman–Crippen LogP) is 1.47. The molecule has 0 spiro atoms. The van der Waals surface area contributed by atoms with Crippen LogP contribution in [0.4, 0.5) is 4.79 Å². The SMILES string of the molecule is CC(C)[C@H](NC(=O)[C@H](CCCCN)NC(=O)COc1ccc2ccccc2c1)C(=O)NCC(=O)N[C@H](C(=O)N1CCC[C@H]1COC(=O)NC(C)(C)C)[C@H](C)O. The first-order valence-corrected chi connectivity index (χ1v) is 18.9. The molecule has 0 bridgehead atoms. The van der Waals surface area contributed by atoms with Gasteiger partial charge in [0.05, 0.1) is 18.7 Å². The summed E-state index contributed by atoms with van der Waals surface area (Å²) in [5.74, 6) is -2.97. The third-order valence-electron chi connectivity index (χ3n) is 8.97. The Morgan fingerprint density at radius 3 is 2.27 bits per heavy atom. The molecule has 304 valence electrons. The molecule has 8 N–H and O–H groups in total. The smallest absolute Gasteiger partial charge is 0.407 e. The minimum Gasteiger partial charge on any atom is -0.484 e. The second kappa shape index (κ2) is 21.2. The molecule has 16 heteroatoms. The lowest BCUT2D eigenvalue weighted by Gasteiger charge is -2.30. The number of hydrogen-bond donors (Lipinski definition) is 7. The van der Waals surface area contributed by atoms with E-state index in [1.165, 1.54) is 11.8 Å². The zero-order valence-corrected chi connectivity index (χ0v) is 32.8. The Morgan fingerprint density at radius 1 is 0.909 bits per heavy atom. The van der Waals surface area contributed by atoms with Crippen LogP contribution in [0.15, 0.2) is 42.5 Å². The number of amides is 6. The van der Waals surface area contributed by atoms with Crippen LogP contribution in [0.2, 0.25) is 0 Å². The Bertz CT molecular complexity index is 1630. The summed E-state index contributed by atoms with van der Waals surface area (Å²) < 4.78 is 11.0. The molecule has 1 aliphatic heterocycles. The van der Waals surface area contributed by atoms with Gasteiger partial charge < -0.3 is 51.8 Å². The summed E-state index contributed by atoms with van der Waals surface area (Å²) in [5, 5.41) is 25.5. The van der Waals surface area contributed by atoms with Crippen LogP contribution in [0.5, 0.6) is 5.75 Å². The molecule has 1 heterocycles. The van der Waals surface area contributed by atoms with Crippen molar-refractivity contribution in [3.8, 4) is 5.75 Å². The second-order valence-corrected chi connectivity index (χ2v) is 15.2. The van der Waals surface area contributed by atoms with E-state index >= 15 is 0 Å². The first-order chi connectivity index (χ1) is 26.0. The van der Waals surface area contributed by atoms with Crippen LogP contribution < -0.4 is 37.1 Å². The summed E-state index contributed by atoms with van der Waals surface area (Å²) in [4.78, 5) is 79.8. The molecule has 1 fully saturated rings. The van der Waals surface area contributed by atoms with Gasteiger partial charge in [0.1, 0.15) is 30.5 Å². The minimum absolute atomic E-state index is 0.0524. The quantitative estimate of drug-likeness (QED) is 0.102. The largest absolute Gasteiger partial charge is 0.484 e. The van der Waals surface area contributed by atoms with E-state index in [1.54, 1.807) is 19.9 Å². The van der Waals surface area contributed by atoms with Crippen LogP contribution in [-0.2, 0) is 28.7 Å². The first-order valence-electron chi connectivity index (χ1n) is 18.9. The highest BCUT2D eigenvalue weighted by Crippen LogP contribution is 2.21. The number of carbonyl (C=O) groups is 6. The molecule has 3 rings (SSSR count). The third kappa shape index (κ3) is 14.7. The van der Waals surface area contributed by atoms with Crippen LogP contribution in [-0.4, -0.2) is 114 Å². The Hall–Kier alpha value is -4.96. The van der Waals surface area contributed by atoms with Crippen LogP contribution in [0.25, 0.3) is 10.8 Å². The van der Waals surface area contributed by atoms with E-state index in [-0.39, 0.29) is 19.6 Å². The lowest BCUT2D eigenvalue weighted by atomic mass is 10.0. The monoisotopic (exact) mass is 769 g/mol. The highest BCUT2D eigenvalue weighted by Gasteiger charge is 2.37. The number of ether oxygens (including phenoxy) is 2. The van der Waals surface area contributed by atoms with Crippen molar-refractivity contribution in [1.29, 1.82) is 0 Å². The van der Waals surface area contributed by atoms with Gasteiger partial charge in [0.15, 0.2) is 6.61 Å². The highest BCUT2D eigenvalue weighted by atomic mass is 16.5. The number of carbonyl (C=O) groups excluding carboxylic acids is 6. The van der Waals surface area contributed by atoms with E-state index < -0.39 is 83.9 Å². The molecule has 1 saturated heterocycles. The first kappa shape index (κ1) is 44.4. The Balaban J connectivity index is 1.56. The average molecular weight is 770 g/mol. The number of alkyl carbamates (subject to hydrolysis) is 1. The maximum atomic E-state index is 13.5. The maximum Gasteiger partial charge on any atom is 0.407 e. The minimum atomic E-state index is -1.32. The molecule has 55 heavy (non-hydrogen) atoms. The van der Waals surface area contributed by atoms with E-state index in [9.17, 15) is 33.9 Å². The van der Waals surface area contributed by atoms with Gasteiger partial charge in [-0.2, -0.15) is 0 Å². The van der Waals surface area contributed by atoms with Gasteiger partial charge in [0.2, 0.25) is 23.6 Å². The van der Waals surface area contributed by atoms with E-state index in [0.717, 1.165) is 10.8 Å². The number of aliphatic hydroxyl groups excluding tert-OH is 1. The topological polar surface area (TPSA) is 231 Å². The molecule has 0 saturated carbocycles. The van der Waals surface area contributed by atoms with E-state index in [4.69, 9.17) is 15.2 Å². The molecule has 0 unspecified atom stereocenters. The standard InChI is InChI=1S/C39H59N7O9/c1-24(2)33(44-35(50)30(15-9-10-18-40)42-32(49)23-54-29-17-16-26-12-7-8-13-27(26)20-29)36(51)41-21-31(48)43-34(25(3)47)37(52)46-19-11-14-28(46)22-55-38(53)45-39(4,5)6/h7-8,12-13,16-17,20,24-25,28,30,33-34,47H,9-11,14-15,18-19,21-23,40H2,1-6H3,(H,41,51)(H,42,49)(H,43,48)(H,44,50)(H,45,53)/t25-,28-,30-,33-,34-/m0/s1. The zero-order valence-electron chi connectivity index (χ0n) is 32.8. The Morgan fingerprint density at radius 2 is 1.62 bits per heavy atom. The van der Waals surface area contributed by atoms with Gasteiger partial charge in [-0.15, -0.1) is 0 Å². The van der Waals surface area contributed by atoms with Crippen molar-refractivity contribution in [3.05, 3.63) is 42.5 Å². The average Bonchev–Trinajstić information content (AvgIpc) is 3.60. The van der Waals surface area contributed by atoms with Crippen molar-refractivity contribution in [2.45, 2.75) is 109 Å². The Kier molecular flexibility index (Phi) is 17.1. The summed E-state index contributed by atoms with van der Waals surface area (Å²) in [6, 6.07) is 9.38. The molecule has 1 aliphatic rings. The summed E-state index contributed by atoms with van der Waals surface area (Å²) >= 11 is 0. The molecular weight excluding hydrogens is 710 g/mol. The van der Waals surface area contributed by atoms with Gasteiger partial charge in [-0.05, 0) is 95.2 Å². The number of nitrogens with zero attached hydrogens (tertiary/aromatic N) is 1. The van der Waals surface area contributed by atoms with Gasteiger partial charge in [-0.3, -0.25) is 24.0 Å². The fourth-order valence-electron chi connectivity index (χ4n) is 6.07. The molecule has 0 aliphatic carbocycles. The van der Waals surface area contributed by atoms with Crippen LogP contribution >= 0.6 is 0 Å². The van der Waals surface area contributed by atoms with Crippen molar-refractivity contribution in [2.24, 2.45) is 11.7 Å². The summed E-state index contributed by atoms with van der Waals surface area (Å²) in [7, 11) is 0. The summed E-state index contributed by atoms with van der Waals surface area (Å²) in [5.41, 5.74) is 5.15. The number of nitrogens with one attached hydrogen (secondary N) is 5. The van der Waals surface area contributed by atoms with Gasteiger partial charge in [-0.25, -0.2) is 4.79 Å². The van der Waals surface area contributed by atoms with Crippen molar-refractivity contribution in [2.75, 3.05) is 32.8 Å². The molecule has 6 amide bonds. The normalized spacial score (nSPS) is 16.4. The second-order valence-electron chi connectivity index (χ2n) is 15.2. The fraction of sp³-hybridized carbons (Fsp3) is 0.590. The number of unbranched alkanes of at least 4 members (excludes halogenated alkanes) is 1.